The van der Waals surface area contributed by atoms with Gasteiger partial charge < -0.3 is 10.2 Å². The van der Waals surface area contributed by atoms with Crippen molar-refractivity contribution in [2.24, 2.45) is 0 Å². The lowest BCUT2D eigenvalue weighted by atomic mass is 10.1. The third kappa shape index (κ3) is 7.01. The number of carbonyl (C=O) groups excluding carboxylic acids is 2. The molecule has 0 radical (unpaired) electrons. The topological polar surface area (TPSA) is 86.8 Å². The van der Waals surface area contributed by atoms with Gasteiger partial charge in [-0.3, -0.25) is 13.9 Å². The van der Waals surface area contributed by atoms with E-state index in [2.05, 4.69) is 5.32 Å². The SMILES string of the molecule is CCNC(=O)[C@H](CC)N(Cc1c(Cl)cccc1Cl)C(=O)CN(c1ccc(C)c(Cl)c1)S(C)(=O)=O. The van der Waals surface area contributed by atoms with Crippen LogP contribution in [-0.2, 0) is 26.2 Å². The van der Waals surface area contributed by atoms with Crippen LogP contribution in [0.2, 0.25) is 15.1 Å². The average molecular weight is 549 g/mol. The van der Waals surface area contributed by atoms with E-state index < -0.39 is 28.5 Å². The van der Waals surface area contributed by atoms with Crippen LogP contribution in [0.5, 0.6) is 0 Å². The van der Waals surface area contributed by atoms with Crippen molar-refractivity contribution >= 4 is 62.3 Å². The van der Waals surface area contributed by atoms with E-state index in [1.807, 2.05) is 0 Å². The molecule has 7 nitrogen and oxygen atoms in total. The molecule has 0 aliphatic heterocycles. The fourth-order valence-electron chi connectivity index (χ4n) is 3.42. The Hall–Kier alpha value is -2.00. The van der Waals surface area contributed by atoms with E-state index in [0.717, 1.165) is 16.1 Å². The van der Waals surface area contributed by atoms with Gasteiger partial charge in [-0.05, 0) is 50.1 Å². The molecule has 2 amide bonds. The van der Waals surface area contributed by atoms with Crippen molar-refractivity contribution in [3.05, 3.63) is 62.6 Å². The maximum Gasteiger partial charge on any atom is 0.244 e. The van der Waals surface area contributed by atoms with E-state index in [1.54, 1.807) is 51.1 Å². The van der Waals surface area contributed by atoms with Crippen LogP contribution in [0.1, 0.15) is 31.4 Å². The Balaban J connectivity index is 2.51. The number of halogens is 3. The summed E-state index contributed by atoms with van der Waals surface area (Å²) in [6.45, 7) is 5.10. The highest BCUT2D eigenvalue weighted by Gasteiger charge is 2.32. The molecule has 0 spiro atoms. The smallest absolute Gasteiger partial charge is 0.244 e. The van der Waals surface area contributed by atoms with Gasteiger partial charge in [0.1, 0.15) is 12.6 Å². The van der Waals surface area contributed by atoms with Gasteiger partial charge in [-0.2, -0.15) is 0 Å². The highest BCUT2D eigenvalue weighted by Crippen LogP contribution is 2.28. The summed E-state index contributed by atoms with van der Waals surface area (Å²) in [4.78, 5) is 27.7. The summed E-state index contributed by atoms with van der Waals surface area (Å²) in [7, 11) is -3.85. The summed E-state index contributed by atoms with van der Waals surface area (Å²) >= 11 is 18.9. The number of rotatable bonds is 10. The second kappa shape index (κ2) is 12.1. The number of hydrogen-bond donors (Lipinski definition) is 1. The largest absolute Gasteiger partial charge is 0.355 e. The molecule has 0 unspecified atom stereocenters. The minimum atomic E-state index is -3.85. The number of aryl methyl sites for hydroxylation is 1. The predicted octanol–water partition coefficient (Wildman–Crippen LogP) is 4.66. The van der Waals surface area contributed by atoms with E-state index >= 15 is 0 Å². The number of anilines is 1. The molecular formula is C23H28Cl3N3O4S. The molecule has 1 atom stereocenters. The molecule has 11 heteroatoms. The quantitative estimate of drug-likeness (QED) is 0.468. The summed E-state index contributed by atoms with van der Waals surface area (Å²) in [6, 6.07) is 8.82. The lowest BCUT2D eigenvalue weighted by molar-refractivity contribution is -0.140. The van der Waals surface area contributed by atoms with Crippen molar-refractivity contribution < 1.29 is 18.0 Å². The molecule has 0 saturated heterocycles. The fraction of sp³-hybridized carbons (Fsp3) is 0.391. The molecule has 186 valence electrons. The Kier molecular flexibility index (Phi) is 10.1. The molecular weight excluding hydrogens is 521 g/mol. The van der Waals surface area contributed by atoms with Crippen LogP contribution in [0.4, 0.5) is 5.69 Å². The second-order valence-corrected chi connectivity index (χ2v) is 10.9. The van der Waals surface area contributed by atoms with Crippen LogP contribution >= 0.6 is 34.8 Å². The molecule has 1 N–H and O–H groups in total. The number of benzene rings is 2. The van der Waals surface area contributed by atoms with Crippen LogP contribution in [0, 0.1) is 6.92 Å². The number of hydrogen-bond acceptors (Lipinski definition) is 4. The van der Waals surface area contributed by atoms with Gasteiger partial charge in [-0.15, -0.1) is 0 Å². The van der Waals surface area contributed by atoms with Crippen molar-refractivity contribution in [1.82, 2.24) is 10.2 Å². The Morgan fingerprint density at radius 2 is 1.65 bits per heavy atom. The zero-order valence-corrected chi connectivity index (χ0v) is 22.5. The zero-order valence-electron chi connectivity index (χ0n) is 19.4. The number of likely N-dealkylation sites (N-methyl/N-ethyl adjacent to an activating group) is 1. The predicted molar refractivity (Wildman–Crippen MR) is 138 cm³/mol. The van der Waals surface area contributed by atoms with Crippen molar-refractivity contribution in [2.45, 2.75) is 39.8 Å². The Labute approximate surface area is 216 Å². The first-order valence-corrected chi connectivity index (χ1v) is 13.6. The first-order valence-electron chi connectivity index (χ1n) is 10.6. The Morgan fingerprint density at radius 1 is 1.03 bits per heavy atom. The first kappa shape index (κ1) is 28.2. The van der Waals surface area contributed by atoms with Crippen molar-refractivity contribution in [3.63, 3.8) is 0 Å². The van der Waals surface area contributed by atoms with E-state index in [9.17, 15) is 18.0 Å². The number of sulfonamides is 1. The van der Waals surface area contributed by atoms with Crippen LogP contribution in [-0.4, -0.2) is 50.5 Å². The minimum Gasteiger partial charge on any atom is -0.355 e. The van der Waals surface area contributed by atoms with Crippen LogP contribution in [0.3, 0.4) is 0 Å². The summed E-state index contributed by atoms with van der Waals surface area (Å²) in [6.07, 6.45) is 1.30. The molecule has 0 aliphatic carbocycles. The van der Waals surface area contributed by atoms with Gasteiger partial charge in [0.25, 0.3) is 0 Å². The molecule has 0 fully saturated rings. The third-order valence-electron chi connectivity index (χ3n) is 5.25. The van der Waals surface area contributed by atoms with Gasteiger partial charge in [0.15, 0.2) is 0 Å². The lowest BCUT2D eigenvalue weighted by Crippen LogP contribution is -2.52. The molecule has 0 saturated carbocycles. The molecule has 2 rings (SSSR count). The molecule has 0 heterocycles. The highest BCUT2D eigenvalue weighted by molar-refractivity contribution is 7.92. The van der Waals surface area contributed by atoms with Crippen molar-refractivity contribution in [1.29, 1.82) is 0 Å². The standard InChI is InChI=1S/C23H28Cl3N3O4S/c1-5-21(23(31)27-6-2)28(13-17-18(24)8-7-9-19(17)25)22(30)14-29(34(4,32)33)16-11-10-15(3)20(26)12-16/h7-12,21H,5-6,13-14H2,1-4H3,(H,27,31)/t21-/m0/s1. The molecule has 0 aliphatic rings. The van der Waals surface area contributed by atoms with Crippen molar-refractivity contribution in [2.75, 3.05) is 23.7 Å². The van der Waals surface area contributed by atoms with E-state index in [-0.39, 0.29) is 18.1 Å². The van der Waals surface area contributed by atoms with Crippen LogP contribution in [0.15, 0.2) is 36.4 Å². The number of amides is 2. The fourth-order valence-corrected chi connectivity index (χ4v) is 4.95. The number of carbonyl (C=O) groups is 2. The molecule has 2 aromatic rings. The monoisotopic (exact) mass is 547 g/mol. The van der Waals surface area contributed by atoms with Gasteiger partial charge in [0.2, 0.25) is 21.8 Å². The number of nitrogens with one attached hydrogen (secondary N) is 1. The van der Waals surface area contributed by atoms with E-state index in [0.29, 0.717) is 33.6 Å². The van der Waals surface area contributed by atoms with Crippen LogP contribution in [0.25, 0.3) is 0 Å². The van der Waals surface area contributed by atoms with Gasteiger partial charge in [-0.25, -0.2) is 8.42 Å². The third-order valence-corrected chi connectivity index (χ3v) is 7.51. The second-order valence-electron chi connectivity index (χ2n) is 7.74. The van der Waals surface area contributed by atoms with Gasteiger partial charge in [0.05, 0.1) is 11.9 Å². The summed E-state index contributed by atoms with van der Waals surface area (Å²) < 4.78 is 26.2. The average Bonchev–Trinajstić information content (AvgIpc) is 2.75. The van der Waals surface area contributed by atoms with Crippen LogP contribution < -0.4 is 9.62 Å². The van der Waals surface area contributed by atoms with E-state index in [4.69, 9.17) is 34.8 Å². The normalized spacial score (nSPS) is 12.2. The summed E-state index contributed by atoms with van der Waals surface area (Å²) in [5.74, 6) is -0.943. The molecule has 0 aromatic heterocycles. The van der Waals surface area contributed by atoms with Gasteiger partial charge >= 0.3 is 0 Å². The van der Waals surface area contributed by atoms with Gasteiger partial charge in [-0.1, -0.05) is 53.9 Å². The first-order chi connectivity index (χ1) is 15.9. The molecule has 34 heavy (non-hydrogen) atoms. The maximum absolute atomic E-state index is 13.6. The Morgan fingerprint density at radius 3 is 2.15 bits per heavy atom. The summed E-state index contributed by atoms with van der Waals surface area (Å²) in [5, 5.41) is 3.76. The maximum atomic E-state index is 13.6. The summed E-state index contributed by atoms with van der Waals surface area (Å²) in [5.41, 5.74) is 1.47. The molecule has 0 bridgehead atoms. The highest BCUT2D eigenvalue weighted by atomic mass is 35.5. The minimum absolute atomic E-state index is 0.0702. The van der Waals surface area contributed by atoms with Gasteiger partial charge in [0, 0.05) is 33.7 Å². The Bertz CT molecular complexity index is 1140. The zero-order chi connectivity index (χ0) is 25.6. The number of nitrogens with zero attached hydrogens (tertiary/aromatic N) is 2. The molecule has 2 aromatic carbocycles. The van der Waals surface area contributed by atoms with Crippen molar-refractivity contribution in [3.8, 4) is 0 Å². The van der Waals surface area contributed by atoms with E-state index in [1.165, 1.54) is 11.0 Å². The lowest BCUT2D eigenvalue weighted by Gasteiger charge is -2.33.